The number of nitrogens with two attached hydrogens (primary N) is 1. The Balaban J connectivity index is 1.92. The maximum Gasteiger partial charge on any atom is 0.235 e. The van der Waals surface area contributed by atoms with Gasteiger partial charge < -0.3 is 10.5 Å². The number of rotatable bonds is 4. The van der Waals surface area contributed by atoms with Crippen LogP contribution in [-0.2, 0) is 24.3 Å². The predicted octanol–water partition coefficient (Wildman–Crippen LogP) is 2.76. The minimum atomic E-state index is -0.325. The van der Waals surface area contributed by atoms with Crippen LogP contribution in [0.25, 0.3) is 0 Å². The van der Waals surface area contributed by atoms with Crippen molar-refractivity contribution in [2.75, 3.05) is 7.11 Å². The molecule has 0 bridgehead atoms. The number of hydrogen-bond donors (Lipinski definition) is 1. The van der Waals surface area contributed by atoms with Crippen LogP contribution in [0.2, 0.25) is 5.02 Å². The SMILES string of the molecule is COc1ccc(Cl)cc1CN1Cc2ccccc2C[C@H]1C(N)=O. The number of ether oxygens (including phenoxy) is 1. The van der Waals surface area contributed by atoms with E-state index < -0.39 is 0 Å². The zero-order valence-corrected chi connectivity index (χ0v) is 13.7. The topological polar surface area (TPSA) is 55.6 Å². The van der Waals surface area contributed by atoms with Gasteiger partial charge in [-0.3, -0.25) is 9.69 Å². The maximum absolute atomic E-state index is 11.9. The summed E-state index contributed by atoms with van der Waals surface area (Å²) in [4.78, 5) is 14.0. The number of methoxy groups -OCH3 is 1. The molecule has 0 saturated heterocycles. The summed E-state index contributed by atoms with van der Waals surface area (Å²) in [6, 6.07) is 13.3. The molecule has 1 heterocycles. The van der Waals surface area contributed by atoms with Crippen LogP contribution in [0.5, 0.6) is 5.75 Å². The van der Waals surface area contributed by atoms with Crippen LogP contribution in [0, 0.1) is 0 Å². The molecule has 0 aromatic heterocycles. The van der Waals surface area contributed by atoms with Crippen molar-refractivity contribution < 1.29 is 9.53 Å². The zero-order valence-electron chi connectivity index (χ0n) is 13.0. The quantitative estimate of drug-likeness (QED) is 0.937. The van der Waals surface area contributed by atoms with E-state index in [4.69, 9.17) is 22.1 Å². The van der Waals surface area contributed by atoms with Crippen LogP contribution in [0.15, 0.2) is 42.5 Å². The van der Waals surface area contributed by atoms with E-state index in [0.717, 1.165) is 11.3 Å². The summed E-state index contributed by atoms with van der Waals surface area (Å²) >= 11 is 6.11. The Kier molecular flexibility index (Phi) is 4.55. The first-order chi connectivity index (χ1) is 11.1. The third-order valence-corrected chi connectivity index (χ3v) is 4.53. The summed E-state index contributed by atoms with van der Waals surface area (Å²) in [7, 11) is 1.63. The Hall–Kier alpha value is -2.04. The largest absolute Gasteiger partial charge is 0.496 e. The lowest BCUT2D eigenvalue weighted by atomic mass is 9.93. The lowest BCUT2D eigenvalue weighted by Gasteiger charge is -2.35. The van der Waals surface area contributed by atoms with E-state index >= 15 is 0 Å². The number of amides is 1. The van der Waals surface area contributed by atoms with Gasteiger partial charge in [0.05, 0.1) is 13.2 Å². The molecule has 3 rings (SSSR count). The van der Waals surface area contributed by atoms with Crippen molar-refractivity contribution in [1.29, 1.82) is 0 Å². The van der Waals surface area contributed by atoms with E-state index in [-0.39, 0.29) is 11.9 Å². The van der Waals surface area contributed by atoms with E-state index in [2.05, 4.69) is 17.0 Å². The molecule has 23 heavy (non-hydrogen) atoms. The van der Waals surface area contributed by atoms with Crippen LogP contribution in [0.3, 0.4) is 0 Å². The molecule has 120 valence electrons. The maximum atomic E-state index is 11.9. The van der Waals surface area contributed by atoms with Crippen molar-refractivity contribution >= 4 is 17.5 Å². The Bertz CT molecular complexity index is 733. The predicted molar refractivity (Wildman–Crippen MR) is 90.4 cm³/mol. The first-order valence-electron chi connectivity index (χ1n) is 7.51. The Labute approximate surface area is 140 Å². The highest BCUT2D eigenvalue weighted by Gasteiger charge is 2.30. The lowest BCUT2D eigenvalue weighted by molar-refractivity contribution is -0.124. The van der Waals surface area contributed by atoms with Gasteiger partial charge in [0.2, 0.25) is 5.91 Å². The Morgan fingerprint density at radius 1 is 1.30 bits per heavy atom. The number of primary amides is 1. The summed E-state index contributed by atoms with van der Waals surface area (Å²) in [5.41, 5.74) is 8.99. The molecule has 0 saturated carbocycles. The van der Waals surface area contributed by atoms with Gasteiger partial charge >= 0.3 is 0 Å². The van der Waals surface area contributed by atoms with Crippen LogP contribution in [0.1, 0.15) is 16.7 Å². The fourth-order valence-electron chi connectivity index (χ4n) is 3.11. The normalized spacial score (nSPS) is 17.6. The van der Waals surface area contributed by atoms with Gasteiger partial charge in [-0.1, -0.05) is 35.9 Å². The van der Waals surface area contributed by atoms with Crippen molar-refractivity contribution in [3.05, 3.63) is 64.2 Å². The highest BCUT2D eigenvalue weighted by molar-refractivity contribution is 6.30. The number of benzene rings is 2. The van der Waals surface area contributed by atoms with Gasteiger partial charge in [0, 0.05) is 23.7 Å². The molecule has 0 fully saturated rings. The molecule has 2 N–H and O–H groups in total. The molecular weight excluding hydrogens is 312 g/mol. The van der Waals surface area contributed by atoms with E-state index in [9.17, 15) is 4.79 Å². The van der Waals surface area contributed by atoms with Gasteiger partial charge in [0.1, 0.15) is 5.75 Å². The Morgan fingerprint density at radius 3 is 2.74 bits per heavy atom. The highest BCUT2D eigenvalue weighted by atomic mass is 35.5. The zero-order chi connectivity index (χ0) is 16.4. The number of carbonyl (C=O) groups is 1. The van der Waals surface area contributed by atoms with Crippen molar-refractivity contribution in [1.82, 2.24) is 4.90 Å². The minimum absolute atomic E-state index is 0.305. The third-order valence-electron chi connectivity index (χ3n) is 4.29. The molecule has 1 aliphatic heterocycles. The second kappa shape index (κ2) is 6.60. The summed E-state index contributed by atoms with van der Waals surface area (Å²) < 4.78 is 5.41. The molecule has 2 aromatic carbocycles. The average Bonchev–Trinajstić information content (AvgIpc) is 2.54. The first kappa shape index (κ1) is 15.8. The molecule has 1 atom stereocenters. The number of halogens is 1. The van der Waals surface area contributed by atoms with E-state index in [0.29, 0.717) is 24.5 Å². The summed E-state index contributed by atoms with van der Waals surface area (Å²) in [6.07, 6.45) is 0.633. The molecule has 1 aliphatic rings. The van der Waals surface area contributed by atoms with Gasteiger partial charge in [-0.15, -0.1) is 0 Å². The van der Waals surface area contributed by atoms with E-state index in [1.165, 1.54) is 11.1 Å². The molecule has 0 spiro atoms. The highest BCUT2D eigenvalue weighted by Crippen LogP contribution is 2.29. The van der Waals surface area contributed by atoms with E-state index in [1.54, 1.807) is 13.2 Å². The van der Waals surface area contributed by atoms with Gasteiger partial charge in [-0.2, -0.15) is 0 Å². The fourth-order valence-corrected chi connectivity index (χ4v) is 3.31. The summed E-state index contributed by atoms with van der Waals surface area (Å²) in [5, 5.41) is 0.647. The molecule has 0 unspecified atom stereocenters. The molecule has 0 radical (unpaired) electrons. The monoisotopic (exact) mass is 330 g/mol. The molecule has 4 nitrogen and oxygen atoms in total. The molecule has 0 aliphatic carbocycles. The van der Waals surface area contributed by atoms with Gasteiger partial charge in [-0.25, -0.2) is 0 Å². The number of nitrogens with zero attached hydrogens (tertiary/aromatic N) is 1. The average molecular weight is 331 g/mol. The van der Waals surface area contributed by atoms with Crippen molar-refractivity contribution in [3.8, 4) is 5.75 Å². The van der Waals surface area contributed by atoms with Crippen LogP contribution >= 0.6 is 11.6 Å². The minimum Gasteiger partial charge on any atom is -0.496 e. The third kappa shape index (κ3) is 3.33. The molecule has 1 amide bonds. The van der Waals surface area contributed by atoms with Gasteiger partial charge in [-0.05, 0) is 35.7 Å². The molecule has 2 aromatic rings. The number of carbonyl (C=O) groups excluding carboxylic acids is 1. The van der Waals surface area contributed by atoms with Crippen molar-refractivity contribution in [2.24, 2.45) is 5.73 Å². The lowest BCUT2D eigenvalue weighted by Crippen LogP contribution is -2.48. The van der Waals surface area contributed by atoms with E-state index in [1.807, 2.05) is 24.3 Å². The number of fused-ring (bicyclic) bond motifs is 1. The smallest absolute Gasteiger partial charge is 0.235 e. The van der Waals surface area contributed by atoms with Gasteiger partial charge in [0.25, 0.3) is 0 Å². The number of hydrogen-bond acceptors (Lipinski definition) is 3. The molecule has 5 heteroatoms. The van der Waals surface area contributed by atoms with Crippen LogP contribution in [-0.4, -0.2) is 24.0 Å². The molecular formula is C18H19ClN2O2. The first-order valence-corrected chi connectivity index (χ1v) is 7.89. The van der Waals surface area contributed by atoms with Crippen molar-refractivity contribution in [2.45, 2.75) is 25.6 Å². The fraction of sp³-hybridized carbons (Fsp3) is 0.278. The summed E-state index contributed by atoms with van der Waals surface area (Å²) in [5.74, 6) is 0.456. The second-order valence-electron chi connectivity index (χ2n) is 5.75. The van der Waals surface area contributed by atoms with Gasteiger partial charge in [0.15, 0.2) is 0 Å². The van der Waals surface area contributed by atoms with Crippen LogP contribution < -0.4 is 10.5 Å². The summed E-state index contributed by atoms with van der Waals surface area (Å²) in [6.45, 7) is 1.24. The second-order valence-corrected chi connectivity index (χ2v) is 6.19. The Morgan fingerprint density at radius 2 is 2.04 bits per heavy atom. The van der Waals surface area contributed by atoms with Crippen molar-refractivity contribution in [3.63, 3.8) is 0 Å². The van der Waals surface area contributed by atoms with Crippen LogP contribution in [0.4, 0.5) is 0 Å². The standard InChI is InChI=1S/C18H19ClN2O2/c1-23-17-7-6-15(19)8-14(17)11-21-10-13-5-3-2-4-12(13)9-16(21)18(20)22/h2-8,16H,9-11H2,1H3,(H2,20,22)/t16-/m0/s1.